The van der Waals surface area contributed by atoms with Gasteiger partial charge in [-0.3, -0.25) is 0 Å². The van der Waals surface area contributed by atoms with Gasteiger partial charge in [0.1, 0.15) is 11.3 Å². The van der Waals surface area contributed by atoms with Crippen molar-refractivity contribution in [3.8, 4) is 0 Å². The topological polar surface area (TPSA) is 39.2 Å². The van der Waals surface area contributed by atoms with Crippen molar-refractivity contribution in [2.75, 3.05) is 0 Å². The summed E-state index contributed by atoms with van der Waals surface area (Å²) in [5.74, 6) is 1.10. The predicted molar refractivity (Wildman–Crippen MR) is 66.2 cm³/mol. The summed E-state index contributed by atoms with van der Waals surface area (Å²) in [6.07, 6.45) is 4.19. The van der Waals surface area contributed by atoms with Crippen LogP contribution >= 0.6 is 0 Å². The molecular formula is C14H15NO. The van der Waals surface area contributed by atoms with E-state index < -0.39 is 0 Å². The van der Waals surface area contributed by atoms with Crippen molar-refractivity contribution in [3.05, 3.63) is 41.2 Å². The van der Waals surface area contributed by atoms with Crippen molar-refractivity contribution in [2.45, 2.75) is 25.8 Å². The summed E-state index contributed by atoms with van der Waals surface area (Å²) in [5, 5.41) is 1.20. The summed E-state index contributed by atoms with van der Waals surface area (Å²) in [6.45, 7) is 2.04. The second kappa shape index (κ2) is 3.49. The van der Waals surface area contributed by atoms with E-state index in [2.05, 4.69) is 12.1 Å². The molecule has 0 radical (unpaired) electrons. The summed E-state index contributed by atoms with van der Waals surface area (Å²) in [5.41, 5.74) is 9.47. The number of aryl methyl sites for hydroxylation is 1. The van der Waals surface area contributed by atoms with Gasteiger partial charge < -0.3 is 10.2 Å². The fourth-order valence-electron chi connectivity index (χ4n) is 2.33. The van der Waals surface area contributed by atoms with Gasteiger partial charge in [-0.1, -0.05) is 29.8 Å². The summed E-state index contributed by atoms with van der Waals surface area (Å²) < 4.78 is 5.83. The number of hydrogen-bond donors (Lipinski definition) is 1. The molecule has 1 atom stereocenters. The largest absolute Gasteiger partial charge is 0.460 e. The third-order valence-corrected chi connectivity index (χ3v) is 3.27. The maximum Gasteiger partial charge on any atom is 0.134 e. The van der Waals surface area contributed by atoms with Crippen LogP contribution in [0.25, 0.3) is 17.0 Å². The highest BCUT2D eigenvalue weighted by Gasteiger charge is 2.18. The Kier molecular flexibility index (Phi) is 2.11. The predicted octanol–water partition coefficient (Wildman–Crippen LogP) is 3.11. The van der Waals surface area contributed by atoms with E-state index in [9.17, 15) is 0 Å². The maximum atomic E-state index is 5.94. The average Bonchev–Trinajstić information content (AvgIpc) is 2.66. The molecular weight excluding hydrogens is 198 g/mol. The molecule has 0 saturated carbocycles. The first-order valence-corrected chi connectivity index (χ1v) is 5.72. The van der Waals surface area contributed by atoms with Crippen LogP contribution in [0.5, 0.6) is 0 Å². The Labute approximate surface area is 94.7 Å². The van der Waals surface area contributed by atoms with Crippen LogP contribution in [0.3, 0.4) is 0 Å². The molecule has 1 aromatic heterocycles. The highest BCUT2D eigenvalue weighted by atomic mass is 16.3. The van der Waals surface area contributed by atoms with Gasteiger partial charge in [0, 0.05) is 23.4 Å². The van der Waals surface area contributed by atoms with Gasteiger partial charge in [0.05, 0.1) is 0 Å². The van der Waals surface area contributed by atoms with Gasteiger partial charge in [-0.25, -0.2) is 0 Å². The minimum Gasteiger partial charge on any atom is -0.460 e. The van der Waals surface area contributed by atoms with Gasteiger partial charge in [-0.15, -0.1) is 0 Å². The SMILES string of the molecule is CC(N)C1=Cc2c(oc3ccccc23)CC1. The highest BCUT2D eigenvalue weighted by molar-refractivity contribution is 5.89. The average molecular weight is 213 g/mol. The Morgan fingerprint density at radius 2 is 2.06 bits per heavy atom. The monoisotopic (exact) mass is 213 g/mol. The van der Waals surface area contributed by atoms with Crippen LogP contribution in [0.2, 0.25) is 0 Å². The number of fused-ring (bicyclic) bond motifs is 3. The molecule has 1 unspecified atom stereocenters. The lowest BCUT2D eigenvalue weighted by atomic mass is 9.93. The Morgan fingerprint density at radius 1 is 1.25 bits per heavy atom. The highest BCUT2D eigenvalue weighted by Crippen LogP contribution is 2.33. The van der Waals surface area contributed by atoms with Gasteiger partial charge in [0.15, 0.2) is 0 Å². The summed E-state index contributed by atoms with van der Waals surface area (Å²) in [7, 11) is 0. The first-order chi connectivity index (χ1) is 7.75. The van der Waals surface area contributed by atoms with Crippen LogP contribution in [0.4, 0.5) is 0 Å². The standard InChI is InChI=1S/C14H15NO/c1-9(15)10-6-7-14-12(8-10)11-4-2-3-5-13(11)16-14/h2-5,8-9H,6-7,15H2,1H3. The second-order valence-corrected chi connectivity index (χ2v) is 4.44. The minimum absolute atomic E-state index is 0.141. The molecule has 0 bridgehead atoms. The summed E-state index contributed by atoms with van der Waals surface area (Å²) in [6, 6.07) is 8.33. The van der Waals surface area contributed by atoms with E-state index in [1.165, 1.54) is 16.5 Å². The number of para-hydroxylation sites is 1. The van der Waals surface area contributed by atoms with E-state index in [-0.39, 0.29) is 6.04 Å². The van der Waals surface area contributed by atoms with Gasteiger partial charge in [0.2, 0.25) is 0 Å². The zero-order chi connectivity index (χ0) is 11.1. The number of benzene rings is 1. The summed E-state index contributed by atoms with van der Waals surface area (Å²) in [4.78, 5) is 0. The number of rotatable bonds is 1. The van der Waals surface area contributed by atoms with Crippen molar-refractivity contribution in [3.63, 3.8) is 0 Å². The Hall–Kier alpha value is -1.54. The van der Waals surface area contributed by atoms with Crippen molar-refractivity contribution in [1.82, 2.24) is 0 Å². The molecule has 16 heavy (non-hydrogen) atoms. The minimum atomic E-state index is 0.141. The van der Waals surface area contributed by atoms with Gasteiger partial charge in [-0.05, 0) is 19.4 Å². The van der Waals surface area contributed by atoms with Gasteiger partial charge >= 0.3 is 0 Å². The van der Waals surface area contributed by atoms with Crippen LogP contribution < -0.4 is 5.73 Å². The van der Waals surface area contributed by atoms with E-state index >= 15 is 0 Å². The third kappa shape index (κ3) is 1.38. The molecule has 2 heteroatoms. The molecule has 2 nitrogen and oxygen atoms in total. The first kappa shape index (κ1) is 9.67. The molecule has 1 heterocycles. The van der Waals surface area contributed by atoms with E-state index in [4.69, 9.17) is 10.2 Å². The fraction of sp³-hybridized carbons (Fsp3) is 0.286. The van der Waals surface area contributed by atoms with Gasteiger partial charge in [-0.2, -0.15) is 0 Å². The van der Waals surface area contributed by atoms with E-state index in [1.807, 2.05) is 25.1 Å². The van der Waals surface area contributed by atoms with Crippen molar-refractivity contribution in [2.24, 2.45) is 5.73 Å². The van der Waals surface area contributed by atoms with E-state index in [1.54, 1.807) is 0 Å². The van der Waals surface area contributed by atoms with Crippen molar-refractivity contribution < 1.29 is 4.42 Å². The quantitative estimate of drug-likeness (QED) is 0.790. The third-order valence-electron chi connectivity index (χ3n) is 3.27. The molecule has 0 aliphatic heterocycles. The number of furan rings is 1. The first-order valence-electron chi connectivity index (χ1n) is 5.72. The molecule has 2 N–H and O–H groups in total. The molecule has 2 aromatic rings. The fourth-order valence-corrected chi connectivity index (χ4v) is 2.33. The Balaban J connectivity index is 2.22. The maximum absolute atomic E-state index is 5.94. The molecule has 3 rings (SSSR count). The molecule has 0 amide bonds. The lowest BCUT2D eigenvalue weighted by Gasteiger charge is -2.15. The molecule has 0 spiro atoms. The zero-order valence-corrected chi connectivity index (χ0v) is 9.36. The molecule has 82 valence electrons. The molecule has 0 fully saturated rings. The van der Waals surface area contributed by atoms with Crippen LogP contribution in [0.1, 0.15) is 24.7 Å². The van der Waals surface area contributed by atoms with Crippen molar-refractivity contribution in [1.29, 1.82) is 0 Å². The molecule has 1 aliphatic rings. The molecule has 1 aliphatic carbocycles. The Morgan fingerprint density at radius 3 is 2.88 bits per heavy atom. The lowest BCUT2D eigenvalue weighted by molar-refractivity contribution is 0.539. The lowest BCUT2D eigenvalue weighted by Crippen LogP contribution is -2.19. The van der Waals surface area contributed by atoms with Crippen molar-refractivity contribution >= 4 is 17.0 Å². The molecule has 0 saturated heterocycles. The molecule has 1 aromatic carbocycles. The number of nitrogens with two attached hydrogens (primary N) is 1. The van der Waals surface area contributed by atoms with Gasteiger partial charge in [0.25, 0.3) is 0 Å². The number of hydrogen-bond acceptors (Lipinski definition) is 2. The van der Waals surface area contributed by atoms with Crippen LogP contribution in [0.15, 0.2) is 34.3 Å². The normalized spacial score (nSPS) is 17.0. The van der Waals surface area contributed by atoms with Crippen LogP contribution in [-0.4, -0.2) is 6.04 Å². The summed E-state index contributed by atoms with van der Waals surface area (Å²) >= 11 is 0. The van der Waals surface area contributed by atoms with Crippen LogP contribution in [-0.2, 0) is 6.42 Å². The van der Waals surface area contributed by atoms with E-state index in [0.717, 1.165) is 24.2 Å². The Bertz CT molecular complexity index is 563. The van der Waals surface area contributed by atoms with Crippen LogP contribution in [0, 0.1) is 0 Å². The second-order valence-electron chi connectivity index (χ2n) is 4.44. The van der Waals surface area contributed by atoms with E-state index in [0.29, 0.717) is 0 Å². The smallest absolute Gasteiger partial charge is 0.134 e. The zero-order valence-electron chi connectivity index (χ0n) is 9.36.